The van der Waals surface area contributed by atoms with Gasteiger partial charge in [-0.05, 0) is 38.1 Å². The van der Waals surface area contributed by atoms with Crippen molar-refractivity contribution in [3.05, 3.63) is 73.1 Å². The van der Waals surface area contributed by atoms with Crippen molar-refractivity contribution in [2.24, 2.45) is 0 Å². The average Bonchev–Trinajstić information content (AvgIpc) is 2.73. The zero-order valence-corrected chi connectivity index (χ0v) is 17.3. The number of ether oxygens (including phenoxy) is 1. The number of halogens is 1. The Bertz CT molecular complexity index is 1270. The molecule has 0 aliphatic rings. The number of benzene rings is 1. The third-order valence-corrected chi connectivity index (χ3v) is 4.70. The van der Waals surface area contributed by atoms with Crippen LogP contribution in [-0.2, 0) is 16.1 Å². The number of hydrogen-bond acceptors (Lipinski definition) is 7. The monoisotopic (exact) mass is 444 g/mol. The fourth-order valence-corrected chi connectivity index (χ4v) is 3.07. The van der Waals surface area contributed by atoms with Crippen LogP contribution in [0.2, 0.25) is 5.02 Å². The standard InChI is InChI=1S/C20H17ClN4O6/c1-3-24-9-14(18(27)13-6-4-11(2)22-19(13)24)20(28)31-10-17(26)23-12-5-7-15(21)16(8-12)25(29)30/h4-9H,3,10H2,1-2H3,(H,23,26). The first-order chi connectivity index (χ1) is 14.7. The lowest BCUT2D eigenvalue weighted by Crippen LogP contribution is -2.25. The number of nitro benzene ring substituents is 1. The van der Waals surface area contributed by atoms with Crippen LogP contribution in [0.5, 0.6) is 0 Å². The number of aromatic nitrogens is 2. The zero-order chi connectivity index (χ0) is 22.7. The predicted octanol–water partition coefficient (Wildman–Crippen LogP) is 3.08. The van der Waals surface area contributed by atoms with Crippen LogP contribution in [0.25, 0.3) is 11.0 Å². The normalized spacial score (nSPS) is 10.7. The molecule has 0 radical (unpaired) electrons. The summed E-state index contributed by atoms with van der Waals surface area (Å²) in [4.78, 5) is 51.8. The Kier molecular flexibility index (Phi) is 6.30. The quantitative estimate of drug-likeness (QED) is 0.350. The van der Waals surface area contributed by atoms with Crippen LogP contribution >= 0.6 is 11.6 Å². The minimum Gasteiger partial charge on any atom is -0.452 e. The van der Waals surface area contributed by atoms with Crippen LogP contribution in [-0.4, -0.2) is 33.0 Å². The van der Waals surface area contributed by atoms with Crippen molar-refractivity contribution in [3.63, 3.8) is 0 Å². The van der Waals surface area contributed by atoms with E-state index in [-0.39, 0.29) is 27.3 Å². The number of rotatable bonds is 6. The highest BCUT2D eigenvalue weighted by atomic mass is 35.5. The molecule has 160 valence electrons. The van der Waals surface area contributed by atoms with Gasteiger partial charge < -0.3 is 14.6 Å². The van der Waals surface area contributed by atoms with Crippen LogP contribution < -0.4 is 10.7 Å². The topological polar surface area (TPSA) is 133 Å². The molecule has 0 fully saturated rings. The molecule has 0 aliphatic heterocycles. The Balaban J connectivity index is 1.76. The SMILES string of the molecule is CCn1cc(C(=O)OCC(=O)Nc2ccc(Cl)c([N+](=O)[O-])c2)c(=O)c2ccc(C)nc21. The van der Waals surface area contributed by atoms with E-state index in [4.69, 9.17) is 16.3 Å². The molecule has 3 rings (SSSR count). The molecule has 0 aliphatic carbocycles. The highest BCUT2D eigenvalue weighted by Crippen LogP contribution is 2.27. The molecule has 1 aromatic carbocycles. The maximum Gasteiger partial charge on any atom is 0.344 e. The summed E-state index contributed by atoms with van der Waals surface area (Å²) < 4.78 is 6.62. The number of hydrogen-bond donors (Lipinski definition) is 1. The number of pyridine rings is 2. The summed E-state index contributed by atoms with van der Waals surface area (Å²) in [5.41, 5.74) is 0.129. The van der Waals surface area contributed by atoms with Crippen LogP contribution in [0.3, 0.4) is 0 Å². The molecule has 11 heteroatoms. The third kappa shape index (κ3) is 4.69. The Morgan fingerprint density at radius 2 is 2.03 bits per heavy atom. The van der Waals surface area contributed by atoms with Gasteiger partial charge in [0.1, 0.15) is 16.2 Å². The summed E-state index contributed by atoms with van der Waals surface area (Å²) in [6.45, 7) is 3.40. The predicted molar refractivity (Wildman–Crippen MR) is 113 cm³/mol. The number of nitrogens with one attached hydrogen (secondary N) is 1. The van der Waals surface area contributed by atoms with Crippen molar-refractivity contribution in [1.29, 1.82) is 0 Å². The lowest BCUT2D eigenvalue weighted by atomic mass is 10.2. The van der Waals surface area contributed by atoms with Crippen molar-refractivity contribution in [3.8, 4) is 0 Å². The second kappa shape index (κ2) is 8.92. The van der Waals surface area contributed by atoms with Crippen LogP contribution in [0.4, 0.5) is 11.4 Å². The van der Waals surface area contributed by atoms with Gasteiger partial charge in [-0.3, -0.25) is 19.7 Å². The summed E-state index contributed by atoms with van der Waals surface area (Å²) in [5, 5.41) is 13.5. The number of esters is 1. The Morgan fingerprint density at radius 1 is 1.29 bits per heavy atom. The molecule has 3 aromatic rings. The molecule has 0 bridgehead atoms. The summed E-state index contributed by atoms with van der Waals surface area (Å²) in [6.07, 6.45) is 1.35. The van der Waals surface area contributed by atoms with Gasteiger partial charge >= 0.3 is 5.97 Å². The van der Waals surface area contributed by atoms with E-state index in [1.54, 1.807) is 23.6 Å². The number of carbonyl (C=O) groups is 2. The van der Waals surface area contributed by atoms with E-state index in [1.165, 1.54) is 18.3 Å². The van der Waals surface area contributed by atoms with Gasteiger partial charge in [-0.1, -0.05) is 11.6 Å². The van der Waals surface area contributed by atoms with Gasteiger partial charge in [-0.25, -0.2) is 9.78 Å². The third-order valence-electron chi connectivity index (χ3n) is 4.38. The smallest absolute Gasteiger partial charge is 0.344 e. The first-order valence-electron chi connectivity index (χ1n) is 9.13. The van der Waals surface area contributed by atoms with E-state index in [9.17, 15) is 24.5 Å². The van der Waals surface area contributed by atoms with Crippen molar-refractivity contribution in [1.82, 2.24) is 9.55 Å². The minimum absolute atomic E-state index is 0.0809. The number of nitrogens with zero attached hydrogens (tertiary/aromatic N) is 3. The molecule has 2 aromatic heterocycles. The highest BCUT2D eigenvalue weighted by molar-refractivity contribution is 6.32. The van der Waals surface area contributed by atoms with Gasteiger partial charge in [0.05, 0.1) is 10.3 Å². The Morgan fingerprint density at radius 3 is 2.71 bits per heavy atom. The van der Waals surface area contributed by atoms with Crippen molar-refractivity contribution >= 4 is 45.9 Å². The molecule has 0 saturated carbocycles. The molecular weight excluding hydrogens is 428 g/mol. The van der Waals surface area contributed by atoms with Gasteiger partial charge in [0, 0.05) is 30.2 Å². The largest absolute Gasteiger partial charge is 0.452 e. The Hall–Kier alpha value is -3.79. The molecule has 31 heavy (non-hydrogen) atoms. The second-order valence-corrected chi connectivity index (χ2v) is 6.94. The van der Waals surface area contributed by atoms with Crippen LogP contribution in [0, 0.1) is 17.0 Å². The first kappa shape index (κ1) is 21.9. The fourth-order valence-electron chi connectivity index (χ4n) is 2.88. The molecular formula is C20H17ClN4O6. The lowest BCUT2D eigenvalue weighted by Gasteiger charge is -2.11. The van der Waals surface area contributed by atoms with Crippen LogP contribution in [0.15, 0.2) is 41.3 Å². The number of fused-ring (bicyclic) bond motifs is 1. The summed E-state index contributed by atoms with van der Waals surface area (Å²) in [5.74, 6) is -1.70. The van der Waals surface area contributed by atoms with Crippen molar-refractivity contribution in [2.75, 3.05) is 11.9 Å². The number of nitro groups is 1. The maximum atomic E-state index is 12.7. The van der Waals surface area contributed by atoms with E-state index >= 15 is 0 Å². The highest BCUT2D eigenvalue weighted by Gasteiger charge is 2.19. The Labute approximate surface area is 180 Å². The molecule has 0 atom stereocenters. The zero-order valence-electron chi connectivity index (χ0n) is 16.5. The molecule has 1 N–H and O–H groups in total. The number of carbonyl (C=O) groups excluding carboxylic acids is 2. The number of anilines is 1. The number of aryl methyl sites for hydroxylation is 2. The van der Waals surface area contributed by atoms with Crippen molar-refractivity contribution in [2.45, 2.75) is 20.4 Å². The molecule has 0 unspecified atom stereocenters. The van der Waals surface area contributed by atoms with Gasteiger partial charge in [0.2, 0.25) is 5.43 Å². The van der Waals surface area contributed by atoms with E-state index in [0.29, 0.717) is 12.2 Å². The van der Waals surface area contributed by atoms with E-state index in [0.717, 1.165) is 11.8 Å². The molecule has 10 nitrogen and oxygen atoms in total. The minimum atomic E-state index is -0.966. The molecule has 0 saturated heterocycles. The van der Waals surface area contributed by atoms with Gasteiger partial charge in [0.25, 0.3) is 11.6 Å². The van der Waals surface area contributed by atoms with Gasteiger partial charge in [0.15, 0.2) is 6.61 Å². The van der Waals surface area contributed by atoms with E-state index in [1.807, 2.05) is 6.92 Å². The summed E-state index contributed by atoms with van der Waals surface area (Å²) in [7, 11) is 0. The molecule has 2 heterocycles. The van der Waals surface area contributed by atoms with Crippen LogP contribution in [0.1, 0.15) is 23.0 Å². The maximum absolute atomic E-state index is 12.7. The van der Waals surface area contributed by atoms with E-state index in [2.05, 4.69) is 10.3 Å². The summed E-state index contributed by atoms with van der Waals surface area (Å²) >= 11 is 5.73. The second-order valence-electron chi connectivity index (χ2n) is 6.53. The van der Waals surface area contributed by atoms with Crippen molar-refractivity contribution < 1.29 is 19.2 Å². The number of amides is 1. The summed E-state index contributed by atoms with van der Waals surface area (Å²) in [6, 6.07) is 6.97. The fraction of sp³-hybridized carbons (Fsp3) is 0.200. The first-order valence-corrected chi connectivity index (χ1v) is 9.50. The van der Waals surface area contributed by atoms with Gasteiger partial charge in [-0.15, -0.1) is 0 Å². The van der Waals surface area contributed by atoms with E-state index < -0.39 is 28.8 Å². The molecule has 1 amide bonds. The van der Waals surface area contributed by atoms with Gasteiger partial charge in [-0.2, -0.15) is 0 Å². The molecule has 0 spiro atoms. The lowest BCUT2D eigenvalue weighted by molar-refractivity contribution is -0.384. The average molecular weight is 445 g/mol.